The fourth-order valence-electron chi connectivity index (χ4n) is 1.07. The van der Waals surface area contributed by atoms with E-state index in [-0.39, 0.29) is 6.54 Å². The van der Waals surface area contributed by atoms with Crippen LogP contribution >= 0.6 is 27.3 Å². The third-order valence-corrected chi connectivity index (χ3v) is 3.15. The molecule has 0 aromatic carbocycles. The Hall–Kier alpha value is -1.28. The van der Waals surface area contributed by atoms with Gasteiger partial charge in [0.1, 0.15) is 6.54 Å². The standard InChI is InChI=1S/C7H5BrN4O2S/c8-5-1-4(3-15-5)7-9-10-11-12(7)2-6(13)14/h1,3H,2H2,(H,13,14). The van der Waals surface area contributed by atoms with Crippen LogP contribution in [0.15, 0.2) is 15.2 Å². The Morgan fingerprint density at radius 3 is 3.07 bits per heavy atom. The normalized spacial score (nSPS) is 10.5. The number of aromatic nitrogens is 4. The van der Waals surface area contributed by atoms with Crippen LogP contribution in [0.4, 0.5) is 0 Å². The summed E-state index contributed by atoms with van der Waals surface area (Å²) >= 11 is 4.81. The van der Waals surface area contributed by atoms with Crippen molar-refractivity contribution < 1.29 is 9.90 Å². The zero-order valence-corrected chi connectivity index (χ0v) is 9.69. The van der Waals surface area contributed by atoms with Gasteiger partial charge in [0.2, 0.25) is 0 Å². The molecule has 0 spiro atoms. The highest BCUT2D eigenvalue weighted by atomic mass is 79.9. The van der Waals surface area contributed by atoms with E-state index in [1.165, 1.54) is 16.0 Å². The van der Waals surface area contributed by atoms with Crippen molar-refractivity contribution in [3.05, 3.63) is 15.2 Å². The van der Waals surface area contributed by atoms with Crippen LogP contribution in [0.25, 0.3) is 11.4 Å². The second-order valence-electron chi connectivity index (χ2n) is 2.69. The summed E-state index contributed by atoms with van der Waals surface area (Å²) in [5.41, 5.74) is 0.804. The largest absolute Gasteiger partial charge is 0.480 e. The Morgan fingerprint density at radius 1 is 1.67 bits per heavy atom. The van der Waals surface area contributed by atoms with Gasteiger partial charge in [-0.15, -0.1) is 16.4 Å². The van der Waals surface area contributed by atoms with E-state index in [4.69, 9.17) is 5.11 Å². The van der Waals surface area contributed by atoms with Gasteiger partial charge < -0.3 is 5.11 Å². The predicted molar refractivity (Wildman–Crippen MR) is 56.5 cm³/mol. The summed E-state index contributed by atoms with van der Waals surface area (Å²) in [6.45, 7) is -0.240. The lowest BCUT2D eigenvalue weighted by Gasteiger charge is -1.97. The zero-order chi connectivity index (χ0) is 10.8. The van der Waals surface area contributed by atoms with E-state index in [1.807, 2.05) is 11.4 Å². The molecule has 0 bridgehead atoms. The van der Waals surface area contributed by atoms with Gasteiger partial charge in [0.05, 0.1) is 3.79 Å². The molecule has 6 nitrogen and oxygen atoms in total. The molecule has 2 aromatic heterocycles. The number of rotatable bonds is 3. The fourth-order valence-corrected chi connectivity index (χ4v) is 2.21. The molecule has 0 aliphatic heterocycles. The van der Waals surface area contributed by atoms with Gasteiger partial charge in [-0.2, -0.15) is 0 Å². The highest BCUT2D eigenvalue weighted by Crippen LogP contribution is 2.27. The van der Waals surface area contributed by atoms with Gasteiger partial charge >= 0.3 is 5.97 Å². The summed E-state index contributed by atoms with van der Waals surface area (Å²) in [5.74, 6) is -0.516. The highest BCUT2D eigenvalue weighted by Gasteiger charge is 2.12. The minimum atomic E-state index is -0.974. The van der Waals surface area contributed by atoms with Crippen molar-refractivity contribution in [2.75, 3.05) is 0 Å². The maximum atomic E-state index is 10.5. The third kappa shape index (κ3) is 2.21. The summed E-state index contributed by atoms with van der Waals surface area (Å²) in [6, 6.07) is 1.84. The minimum Gasteiger partial charge on any atom is -0.480 e. The van der Waals surface area contributed by atoms with E-state index in [1.54, 1.807) is 0 Å². The molecule has 0 aliphatic carbocycles. The predicted octanol–water partition coefficient (Wildman–Crippen LogP) is 1.25. The van der Waals surface area contributed by atoms with Crippen LogP contribution < -0.4 is 0 Å². The SMILES string of the molecule is O=C(O)Cn1nnnc1-c1csc(Br)c1. The summed E-state index contributed by atoms with van der Waals surface area (Å²) < 4.78 is 2.19. The van der Waals surface area contributed by atoms with Gasteiger partial charge in [-0.3, -0.25) is 4.79 Å². The first kappa shape index (κ1) is 10.2. The number of hydrogen-bond acceptors (Lipinski definition) is 5. The first-order chi connectivity index (χ1) is 7.16. The first-order valence-electron chi connectivity index (χ1n) is 3.89. The molecule has 15 heavy (non-hydrogen) atoms. The molecule has 0 amide bonds. The van der Waals surface area contributed by atoms with Crippen molar-refractivity contribution in [2.24, 2.45) is 0 Å². The molecule has 0 unspecified atom stereocenters. The Balaban J connectivity index is 2.36. The van der Waals surface area contributed by atoms with Gasteiger partial charge in [-0.25, -0.2) is 4.68 Å². The molecule has 1 N–H and O–H groups in total. The van der Waals surface area contributed by atoms with E-state index in [2.05, 4.69) is 31.5 Å². The number of carboxylic acids is 1. The number of halogens is 1. The van der Waals surface area contributed by atoms with Crippen molar-refractivity contribution in [1.29, 1.82) is 0 Å². The lowest BCUT2D eigenvalue weighted by Crippen LogP contribution is -2.11. The Bertz CT molecular complexity index is 495. The molecule has 0 fully saturated rings. The van der Waals surface area contributed by atoms with E-state index in [0.717, 1.165) is 9.35 Å². The molecule has 0 saturated heterocycles. The third-order valence-electron chi connectivity index (χ3n) is 1.64. The van der Waals surface area contributed by atoms with Crippen molar-refractivity contribution in [3.8, 4) is 11.4 Å². The molecule has 2 aromatic rings. The number of nitrogens with zero attached hydrogens (tertiary/aromatic N) is 4. The minimum absolute atomic E-state index is 0.240. The second-order valence-corrected chi connectivity index (χ2v) is 4.98. The molecule has 0 saturated carbocycles. The molecular formula is C7H5BrN4O2S. The zero-order valence-electron chi connectivity index (χ0n) is 7.29. The van der Waals surface area contributed by atoms with Crippen LogP contribution in [0.5, 0.6) is 0 Å². The van der Waals surface area contributed by atoms with Crippen LogP contribution in [0.3, 0.4) is 0 Å². The van der Waals surface area contributed by atoms with E-state index in [9.17, 15) is 4.79 Å². The average Bonchev–Trinajstić information content (AvgIpc) is 2.72. The quantitative estimate of drug-likeness (QED) is 0.919. The fraction of sp³-hybridized carbons (Fsp3) is 0.143. The van der Waals surface area contributed by atoms with Gasteiger partial charge in [0.15, 0.2) is 5.82 Å². The molecule has 2 rings (SSSR count). The molecule has 2 heterocycles. The number of carboxylic acid groups (broad SMARTS) is 1. The number of hydrogen-bond donors (Lipinski definition) is 1. The number of carbonyl (C=O) groups is 1. The number of thiophene rings is 1. The van der Waals surface area contributed by atoms with E-state index < -0.39 is 5.97 Å². The van der Waals surface area contributed by atoms with Crippen LogP contribution in [0, 0.1) is 0 Å². The smallest absolute Gasteiger partial charge is 0.325 e. The average molecular weight is 289 g/mol. The maximum absolute atomic E-state index is 10.5. The van der Waals surface area contributed by atoms with Crippen LogP contribution in [-0.4, -0.2) is 31.3 Å². The van der Waals surface area contributed by atoms with Crippen LogP contribution in [0.1, 0.15) is 0 Å². The maximum Gasteiger partial charge on any atom is 0.325 e. The van der Waals surface area contributed by atoms with Crippen molar-refractivity contribution in [1.82, 2.24) is 20.2 Å². The molecule has 0 atom stereocenters. The highest BCUT2D eigenvalue weighted by molar-refractivity contribution is 9.11. The number of aliphatic carboxylic acids is 1. The van der Waals surface area contributed by atoms with Gasteiger partial charge in [-0.05, 0) is 32.4 Å². The first-order valence-corrected chi connectivity index (χ1v) is 5.56. The van der Waals surface area contributed by atoms with E-state index >= 15 is 0 Å². The topological polar surface area (TPSA) is 80.9 Å². The Morgan fingerprint density at radius 2 is 2.47 bits per heavy atom. The van der Waals surface area contributed by atoms with Crippen LogP contribution in [-0.2, 0) is 11.3 Å². The van der Waals surface area contributed by atoms with Gasteiger partial charge in [0.25, 0.3) is 0 Å². The van der Waals surface area contributed by atoms with Crippen LogP contribution in [0.2, 0.25) is 0 Å². The van der Waals surface area contributed by atoms with Gasteiger partial charge in [0, 0.05) is 10.9 Å². The lowest BCUT2D eigenvalue weighted by molar-refractivity contribution is -0.137. The summed E-state index contributed by atoms with van der Waals surface area (Å²) in [4.78, 5) is 10.5. The molecule has 78 valence electrons. The monoisotopic (exact) mass is 288 g/mol. The number of tetrazole rings is 1. The molecule has 0 aliphatic rings. The summed E-state index contributed by atoms with van der Waals surface area (Å²) in [5, 5.41) is 21.3. The van der Waals surface area contributed by atoms with Crippen molar-refractivity contribution in [3.63, 3.8) is 0 Å². The Kier molecular flexibility index (Phi) is 2.78. The molecular weight excluding hydrogens is 284 g/mol. The molecule has 8 heteroatoms. The van der Waals surface area contributed by atoms with Crippen molar-refractivity contribution >= 4 is 33.2 Å². The van der Waals surface area contributed by atoms with Crippen molar-refractivity contribution in [2.45, 2.75) is 6.54 Å². The summed E-state index contributed by atoms with van der Waals surface area (Å²) in [6.07, 6.45) is 0. The Labute approximate surface area is 96.7 Å². The van der Waals surface area contributed by atoms with Gasteiger partial charge in [-0.1, -0.05) is 0 Å². The van der Waals surface area contributed by atoms with E-state index in [0.29, 0.717) is 5.82 Å². The lowest BCUT2D eigenvalue weighted by atomic mass is 10.3. The molecule has 0 radical (unpaired) electrons. The summed E-state index contributed by atoms with van der Waals surface area (Å²) in [7, 11) is 0. The second kappa shape index (κ2) is 4.07.